The van der Waals surface area contributed by atoms with Crippen LogP contribution in [-0.4, -0.2) is 78.0 Å². The molecule has 0 saturated heterocycles. The molecular formula is C24H30O8. The molecule has 2 aromatic rings. The molecule has 8 nitrogen and oxygen atoms in total. The van der Waals surface area contributed by atoms with Gasteiger partial charge in [0.15, 0.2) is 0 Å². The van der Waals surface area contributed by atoms with Gasteiger partial charge in [0, 0.05) is 0 Å². The monoisotopic (exact) mass is 446 g/mol. The molecule has 32 heavy (non-hydrogen) atoms. The number of hydrogen-bond donors (Lipinski definition) is 0. The first-order valence-corrected chi connectivity index (χ1v) is 10.5. The summed E-state index contributed by atoms with van der Waals surface area (Å²) in [6, 6.07) is 17.6. The molecule has 0 aliphatic heterocycles. The lowest BCUT2D eigenvalue weighted by Crippen LogP contribution is -2.15. The van der Waals surface area contributed by atoms with Crippen molar-refractivity contribution in [3.05, 3.63) is 71.8 Å². The van der Waals surface area contributed by atoms with Crippen molar-refractivity contribution in [2.75, 3.05) is 66.1 Å². The Morgan fingerprint density at radius 2 is 0.719 bits per heavy atom. The van der Waals surface area contributed by atoms with Gasteiger partial charge in [-0.3, -0.25) is 0 Å². The van der Waals surface area contributed by atoms with Gasteiger partial charge in [0.05, 0.1) is 64.0 Å². The molecule has 0 heterocycles. The molecule has 0 saturated carbocycles. The number of benzene rings is 2. The molecule has 0 unspecified atom stereocenters. The minimum Gasteiger partial charge on any atom is -0.460 e. The van der Waals surface area contributed by atoms with E-state index in [-0.39, 0.29) is 25.2 Å². The fourth-order valence-electron chi connectivity index (χ4n) is 2.46. The zero-order chi connectivity index (χ0) is 22.7. The number of ether oxygens (including phenoxy) is 6. The molecule has 0 radical (unpaired) electrons. The first kappa shape index (κ1) is 25.5. The Bertz CT molecular complexity index is 686. The molecule has 0 fully saturated rings. The standard InChI is InChI=1S/C24H30O8/c25-23(21-7-3-1-4-8-21)31-19-17-29-15-13-27-11-12-28-14-16-30-18-20-32-24(26)22-9-5-2-6-10-22/h1-10H,11-20H2. The maximum atomic E-state index is 11.7. The maximum Gasteiger partial charge on any atom is 0.338 e. The predicted molar refractivity (Wildman–Crippen MR) is 117 cm³/mol. The molecule has 0 atom stereocenters. The summed E-state index contributed by atoms with van der Waals surface area (Å²) in [4.78, 5) is 23.4. The molecule has 2 aromatic carbocycles. The lowest BCUT2D eigenvalue weighted by atomic mass is 10.2. The molecule has 0 aliphatic rings. The van der Waals surface area contributed by atoms with Crippen molar-refractivity contribution in [3.63, 3.8) is 0 Å². The van der Waals surface area contributed by atoms with Crippen LogP contribution in [0.4, 0.5) is 0 Å². The van der Waals surface area contributed by atoms with Crippen molar-refractivity contribution in [2.24, 2.45) is 0 Å². The Labute approximate surface area is 188 Å². The number of esters is 2. The second-order valence-electron chi connectivity index (χ2n) is 6.45. The van der Waals surface area contributed by atoms with E-state index in [1.807, 2.05) is 12.1 Å². The normalized spacial score (nSPS) is 10.6. The summed E-state index contributed by atoms with van der Waals surface area (Å²) < 4.78 is 31.7. The van der Waals surface area contributed by atoms with E-state index in [0.717, 1.165) is 0 Å². The highest BCUT2D eigenvalue weighted by Gasteiger charge is 2.06. The molecule has 0 bridgehead atoms. The summed E-state index contributed by atoms with van der Waals surface area (Å²) >= 11 is 0. The first-order chi connectivity index (χ1) is 15.8. The van der Waals surface area contributed by atoms with E-state index < -0.39 is 0 Å². The lowest BCUT2D eigenvalue weighted by Gasteiger charge is -2.08. The van der Waals surface area contributed by atoms with E-state index in [1.54, 1.807) is 48.5 Å². The van der Waals surface area contributed by atoms with Crippen molar-refractivity contribution < 1.29 is 38.0 Å². The van der Waals surface area contributed by atoms with E-state index in [9.17, 15) is 9.59 Å². The second kappa shape index (κ2) is 16.9. The van der Waals surface area contributed by atoms with Crippen LogP contribution in [0, 0.1) is 0 Å². The van der Waals surface area contributed by atoms with Crippen LogP contribution in [0.15, 0.2) is 60.7 Å². The minimum atomic E-state index is -0.361. The van der Waals surface area contributed by atoms with E-state index in [0.29, 0.717) is 64.0 Å². The lowest BCUT2D eigenvalue weighted by molar-refractivity contribution is -0.0136. The summed E-state index contributed by atoms with van der Waals surface area (Å²) in [7, 11) is 0. The summed E-state index contributed by atoms with van der Waals surface area (Å²) in [6.45, 7) is 3.60. The molecule has 0 aromatic heterocycles. The van der Waals surface area contributed by atoms with Crippen LogP contribution in [0.5, 0.6) is 0 Å². The van der Waals surface area contributed by atoms with Crippen LogP contribution in [0.1, 0.15) is 20.7 Å². The SMILES string of the molecule is O=C(OCCOCCOCCOCCOCCOC(=O)c1ccccc1)c1ccccc1. The fraction of sp³-hybridized carbons (Fsp3) is 0.417. The zero-order valence-corrected chi connectivity index (χ0v) is 18.1. The third kappa shape index (κ3) is 11.6. The van der Waals surface area contributed by atoms with Gasteiger partial charge in [-0.2, -0.15) is 0 Å². The molecular weight excluding hydrogens is 416 g/mol. The highest BCUT2D eigenvalue weighted by molar-refractivity contribution is 5.89. The molecule has 174 valence electrons. The summed E-state index contributed by atoms with van der Waals surface area (Å²) in [5, 5.41) is 0. The van der Waals surface area contributed by atoms with Gasteiger partial charge >= 0.3 is 11.9 Å². The molecule has 0 spiro atoms. The van der Waals surface area contributed by atoms with Gasteiger partial charge in [-0.1, -0.05) is 36.4 Å². The number of hydrogen-bond acceptors (Lipinski definition) is 8. The summed E-state index contributed by atoms with van der Waals surface area (Å²) in [6.07, 6.45) is 0. The zero-order valence-electron chi connectivity index (χ0n) is 18.1. The van der Waals surface area contributed by atoms with E-state index in [1.165, 1.54) is 0 Å². The van der Waals surface area contributed by atoms with E-state index in [2.05, 4.69) is 0 Å². The van der Waals surface area contributed by atoms with Crippen LogP contribution < -0.4 is 0 Å². The van der Waals surface area contributed by atoms with Crippen molar-refractivity contribution in [1.82, 2.24) is 0 Å². The third-order valence-corrected chi connectivity index (χ3v) is 4.06. The quantitative estimate of drug-likeness (QED) is 0.271. The van der Waals surface area contributed by atoms with E-state index >= 15 is 0 Å². The average Bonchev–Trinajstić information content (AvgIpc) is 2.84. The Balaban J connectivity index is 1.29. The van der Waals surface area contributed by atoms with Gasteiger partial charge in [0.1, 0.15) is 13.2 Å². The highest BCUT2D eigenvalue weighted by Crippen LogP contribution is 2.01. The van der Waals surface area contributed by atoms with Crippen molar-refractivity contribution >= 4 is 11.9 Å². The van der Waals surface area contributed by atoms with Gasteiger partial charge in [0.25, 0.3) is 0 Å². The van der Waals surface area contributed by atoms with Crippen LogP contribution in [0.25, 0.3) is 0 Å². The van der Waals surface area contributed by atoms with Crippen molar-refractivity contribution in [3.8, 4) is 0 Å². The highest BCUT2D eigenvalue weighted by atomic mass is 16.6. The number of carbonyl (C=O) groups is 2. The van der Waals surface area contributed by atoms with Crippen LogP contribution >= 0.6 is 0 Å². The maximum absolute atomic E-state index is 11.7. The fourth-order valence-corrected chi connectivity index (χ4v) is 2.46. The summed E-state index contributed by atoms with van der Waals surface area (Å²) in [5.74, 6) is -0.723. The molecule has 0 aliphatic carbocycles. The van der Waals surface area contributed by atoms with Crippen LogP contribution in [0.2, 0.25) is 0 Å². The van der Waals surface area contributed by atoms with Gasteiger partial charge in [-0.15, -0.1) is 0 Å². The van der Waals surface area contributed by atoms with Gasteiger partial charge in [-0.05, 0) is 24.3 Å². The predicted octanol–water partition coefficient (Wildman–Crippen LogP) is 2.77. The average molecular weight is 446 g/mol. The topological polar surface area (TPSA) is 89.5 Å². The van der Waals surface area contributed by atoms with Gasteiger partial charge in [0.2, 0.25) is 0 Å². The van der Waals surface area contributed by atoms with E-state index in [4.69, 9.17) is 28.4 Å². The summed E-state index contributed by atoms with van der Waals surface area (Å²) in [5.41, 5.74) is 1.04. The van der Waals surface area contributed by atoms with Crippen molar-refractivity contribution in [1.29, 1.82) is 0 Å². The Hall–Kier alpha value is -2.78. The molecule has 2 rings (SSSR count). The minimum absolute atomic E-state index is 0.197. The number of carbonyl (C=O) groups excluding carboxylic acids is 2. The number of rotatable bonds is 17. The Morgan fingerprint density at radius 1 is 0.438 bits per heavy atom. The Kier molecular flexibility index (Phi) is 13.4. The van der Waals surface area contributed by atoms with Gasteiger partial charge in [-0.25, -0.2) is 9.59 Å². The van der Waals surface area contributed by atoms with Crippen LogP contribution in [-0.2, 0) is 28.4 Å². The molecule has 0 amide bonds. The van der Waals surface area contributed by atoms with Crippen LogP contribution in [0.3, 0.4) is 0 Å². The Morgan fingerprint density at radius 3 is 1.03 bits per heavy atom. The van der Waals surface area contributed by atoms with Gasteiger partial charge < -0.3 is 28.4 Å². The first-order valence-electron chi connectivity index (χ1n) is 10.5. The molecule has 0 N–H and O–H groups in total. The largest absolute Gasteiger partial charge is 0.460 e. The molecule has 8 heteroatoms. The third-order valence-electron chi connectivity index (χ3n) is 4.06. The smallest absolute Gasteiger partial charge is 0.338 e. The van der Waals surface area contributed by atoms with Crippen molar-refractivity contribution in [2.45, 2.75) is 0 Å². The second-order valence-corrected chi connectivity index (χ2v) is 6.45.